The maximum absolute atomic E-state index is 12.5. The van der Waals surface area contributed by atoms with Crippen LogP contribution in [0, 0.1) is 13.8 Å². The van der Waals surface area contributed by atoms with Crippen molar-refractivity contribution in [2.75, 3.05) is 20.8 Å². The van der Waals surface area contributed by atoms with Crippen molar-refractivity contribution < 1.29 is 27.4 Å². The predicted octanol–water partition coefficient (Wildman–Crippen LogP) is 1.71. The smallest absolute Gasteiger partial charge is 0.272 e. The summed E-state index contributed by atoms with van der Waals surface area (Å²) in [5.41, 5.74) is 3.88. The summed E-state index contributed by atoms with van der Waals surface area (Å²) in [7, 11) is -1.31. The highest BCUT2D eigenvalue weighted by Gasteiger charge is 2.21. The number of sulfonamides is 1. The molecule has 0 fully saturated rings. The number of para-hydroxylation sites is 1. The van der Waals surface area contributed by atoms with Crippen LogP contribution in [0.15, 0.2) is 41.3 Å². The maximum Gasteiger partial charge on any atom is 0.272 e. The summed E-state index contributed by atoms with van der Waals surface area (Å²) in [4.78, 5) is 13.8. The molecule has 0 spiro atoms. The summed E-state index contributed by atoms with van der Waals surface area (Å²) in [6.07, 6.45) is 0. The Morgan fingerprint density at radius 3 is 2.30 bits per heavy atom. The van der Waals surface area contributed by atoms with Crippen molar-refractivity contribution in [2.24, 2.45) is 0 Å². The molecule has 2 aromatic carbocycles. The Morgan fingerprint density at radius 1 is 1.04 bits per heavy atom. The number of carbonyl (C=O) groups excluding carboxylic acids is 1. The average Bonchev–Trinajstić information content (AvgIpc) is 2.65. The van der Waals surface area contributed by atoms with Gasteiger partial charge in [-0.05, 0) is 37.1 Å². The third-order valence-corrected chi connectivity index (χ3v) is 5.01. The van der Waals surface area contributed by atoms with Gasteiger partial charge in [-0.15, -0.1) is 4.83 Å². The minimum absolute atomic E-state index is 0.115. The number of carbonyl (C=O) groups is 1. The highest BCUT2D eigenvalue weighted by molar-refractivity contribution is 7.89. The summed E-state index contributed by atoms with van der Waals surface area (Å²) in [6.45, 7) is 3.37. The van der Waals surface area contributed by atoms with E-state index in [4.69, 9.17) is 14.2 Å². The van der Waals surface area contributed by atoms with Gasteiger partial charge in [0.1, 0.15) is 22.1 Å². The molecule has 8 nitrogen and oxygen atoms in total. The molecule has 0 aliphatic rings. The van der Waals surface area contributed by atoms with Gasteiger partial charge >= 0.3 is 0 Å². The average molecular weight is 394 g/mol. The number of rotatable bonds is 8. The number of benzene rings is 2. The fourth-order valence-corrected chi connectivity index (χ4v) is 3.42. The van der Waals surface area contributed by atoms with Crippen LogP contribution in [0.25, 0.3) is 0 Å². The van der Waals surface area contributed by atoms with Crippen molar-refractivity contribution in [3.05, 3.63) is 47.5 Å². The minimum Gasteiger partial charge on any atom is -0.497 e. The zero-order valence-corrected chi connectivity index (χ0v) is 16.3. The summed E-state index contributed by atoms with van der Waals surface area (Å²) < 4.78 is 40.5. The second kappa shape index (κ2) is 8.74. The Bertz CT molecular complexity index is 907. The largest absolute Gasteiger partial charge is 0.497 e. The van der Waals surface area contributed by atoms with Gasteiger partial charge in [0.05, 0.1) is 14.2 Å². The van der Waals surface area contributed by atoms with E-state index in [1.165, 1.54) is 26.4 Å². The van der Waals surface area contributed by atoms with Crippen LogP contribution in [0.3, 0.4) is 0 Å². The summed E-state index contributed by atoms with van der Waals surface area (Å²) in [5, 5.41) is 0. The Labute approximate surface area is 158 Å². The molecule has 0 saturated carbocycles. The number of aryl methyl sites for hydroxylation is 2. The van der Waals surface area contributed by atoms with Crippen molar-refractivity contribution >= 4 is 15.9 Å². The van der Waals surface area contributed by atoms with Gasteiger partial charge in [0.2, 0.25) is 0 Å². The normalized spacial score (nSPS) is 11.0. The summed E-state index contributed by atoms with van der Waals surface area (Å²) in [5.74, 6) is 0.387. The number of nitrogens with one attached hydrogen (secondary N) is 2. The molecule has 2 aromatic rings. The molecule has 0 atom stereocenters. The van der Waals surface area contributed by atoms with Crippen molar-refractivity contribution in [1.29, 1.82) is 0 Å². The van der Waals surface area contributed by atoms with Crippen LogP contribution >= 0.6 is 0 Å². The molecule has 0 aromatic heterocycles. The van der Waals surface area contributed by atoms with E-state index in [-0.39, 0.29) is 17.3 Å². The van der Waals surface area contributed by atoms with E-state index in [0.29, 0.717) is 11.5 Å². The maximum atomic E-state index is 12.5. The van der Waals surface area contributed by atoms with E-state index >= 15 is 0 Å². The van der Waals surface area contributed by atoms with Crippen LogP contribution in [0.1, 0.15) is 11.1 Å². The van der Waals surface area contributed by atoms with Crippen LogP contribution < -0.4 is 24.5 Å². The van der Waals surface area contributed by atoms with E-state index in [0.717, 1.165) is 11.1 Å². The molecule has 0 heterocycles. The van der Waals surface area contributed by atoms with E-state index in [1.807, 2.05) is 36.9 Å². The van der Waals surface area contributed by atoms with Crippen molar-refractivity contribution in [3.8, 4) is 17.2 Å². The summed E-state index contributed by atoms with van der Waals surface area (Å²) >= 11 is 0. The topological polar surface area (TPSA) is 103 Å². The first-order chi connectivity index (χ1) is 12.8. The number of hydrazine groups is 1. The van der Waals surface area contributed by atoms with E-state index in [1.54, 1.807) is 6.07 Å². The lowest BCUT2D eigenvalue weighted by Crippen LogP contribution is -2.43. The third kappa shape index (κ3) is 5.11. The molecule has 0 radical (unpaired) electrons. The molecule has 9 heteroatoms. The zero-order valence-electron chi connectivity index (χ0n) is 15.5. The van der Waals surface area contributed by atoms with Gasteiger partial charge in [0.15, 0.2) is 6.61 Å². The first kappa shape index (κ1) is 20.5. The lowest BCUT2D eigenvalue weighted by molar-refractivity contribution is -0.123. The van der Waals surface area contributed by atoms with Crippen LogP contribution in [-0.4, -0.2) is 35.2 Å². The van der Waals surface area contributed by atoms with Crippen molar-refractivity contribution in [3.63, 3.8) is 0 Å². The lowest BCUT2D eigenvalue weighted by atomic mass is 10.1. The number of amides is 1. The molecule has 0 aliphatic carbocycles. The Balaban J connectivity index is 2.04. The van der Waals surface area contributed by atoms with E-state index < -0.39 is 15.9 Å². The first-order valence-electron chi connectivity index (χ1n) is 8.00. The van der Waals surface area contributed by atoms with Crippen molar-refractivity contribution in [1.82, 2.24) is 10.3 Å². The molecular weight excluding hydrogens is 372 g/mol. The van der Waals surface area contributed by atoms with Crippen molar-refractivity contribution in [2.45, 2.75) is 18.7 Å². The molecule has 146 valence electrons. The number of ether oxygens (including phenoxy) is 3. The molecule has 0 saturated heterocycles. The fourth-order valence-electron chi connectivity index (χ4n) is 2.37. The lowest BCUT2D eigenvalue weighted by Gasteiger charge is -2.14. The van der Waals surface area contributed by atoms with Gasteiger partial charge in [0.25, 0.3) is 15.9 Å². The Hall–Kier alpha value is -2.78. The fraction of sp³-hybridized carbons (Fsp3) is 0.278. The predicted molar refractivity (Wildman–Crippen MR) is 99.4 cm³/mol. The molecule has 1 amide bonds. The van der Waals surface area contributed by atoms with Gasteiger partial charge in [-0.3, -0.25) is 10.2 Å². The van der Waals surface area contributed by atoms with Gasteiger partial charge < -0.3 is 14.2 Å². The van der Waals surface area contributed by atoms with Gasteiger partial charge in [0, 0.05) is 6.07 Å². The van der Waals surface area contributed by atoms with Crippen LogP contribution in [0.2, 0.25) is 0 Å². The highest BCUT2D eigenvalue weighted by atomic mass is 32.2. The van der Waals surface area contributed by atoms with E-state index in [9.17, 15) is 13.2 Å². The second-order valence-corrected chi connectivity index (χ2v) is 7.33. The monoisotopic (exact) mass is 394 g/mol. The summed E-state index contributed by atoms with van der Waals surface area (Å²) in [6, 6.07) is 9.91. The molecule has 2 N–H and O–H groups in total. The standard InChI is InChI=1S/C18H22N2O6S/c1-12-6-5-7-13(2)18(12)26-11-17(21)19-20-27(22,23)16-10-14(24-3)8-9-15(16)25-4/h5-10,20H,11H2,1-4H3,(H,19,21). The highest BCUT2D eigenvalue weighted by Crippen LogP contribution is 2.27. The molecule has 0 unspecified atom stereocenters. The quantitative estimate of drug-likeness (QED) is 0.661. The Kier molecular flexibility index (Phi) is 6.65. The number of methoxy groups -OCH3 is 2. The van der Waals surface area contributed by atoms with E-state index in [2.05, 4.69) is 5.43 Å². The number of hydrogen-bond acceptors (Lipinski definition) is 6. The molecule has 0 aliphatic heterocycles. The SMILES string of the molecule is COc1ccc(OC)c(S(=O)(=O)NNC(=O)COc2c(C)cccc2C)c1. The zero-order chi connectivity index (χ0) is 20.0. The van der Waals surface area contributed by atoms with Crippen LogP contribution in [0.4, 0.5) is 0 Å². The van der Waals surface area contributed by atoms with Gasteiger partial charge in [-0.1, -0.05) is 18.2 Å². The second-order valence-electron chi connectivity index (χ2n) is 5.68. The molecule has 0 bridgehead atoms. The minimum atomic E-state index is -4.07. The van der Waals surface area contributed by atoms with Gasteiger partial charge in [-0.25, -0.2) is 8.42 Å². The third-order valence-electron chi connectivity index (χ3n) is 3.74. The van der Waals surface area contributed by atoms with Gasteiger partial charge in [-0.2, -0.15) is 0 Å². The Morgan fingerprint density at radius 2 is 1.70 bits per heavy atom. The van der Waals surface area contributed by atoms with Crippen LogP contribution in [0.5, 0.6) is 17.2 Å². The molecular formula is C18H22N2O6S. The van der Waals surface area contributed by atoms with Crippen LogP contribution in [-0.2, 0) is 14.8 Å². The number of hydrogen-bond donors (Lipinski definition) is 2. The first-order valence-corrected chi connectivity index (χ1v) is 9.48. The molecule has 2 rings (SSSR count). The molecule has 27 heavy (non-hydrogen) atoms.